The smallest absolute Gasteiger partial charge is 0.363 e. The molecule has 2 N–H and O–H groups in total. The van der Waals surface area contributed by atoms with Gasteiger partial charge in [-0.2, -0.15) is 15.2 Å². The molecule has 1 aromatic heterocycles. The molecule has 128 valence electrons. The number of rotatable bonds is 7. The summed E-state index contributed by atoms with van der Waals surface area (Å²) in [7, 11) is 0. The number of aromatic nitrogens is 3. The van der Waals surface area contributed by atoms with Crippen LogP contribution in [0, 0.1) is 6.92 Å². The molecule has 1 heterocycles. The van der Waals surface area contributed by atoms with Gasteiger partial charge in [-0.1, -0.05) is 0 Å². The number of aryl methyl sites for hydroxylation is 1. The molecule has 0 radical (unpaired) electrons. The molecule has 0 fully saturated rings. The number of benzene rings is 1. The van der Waals surface area contributed by atoms with Crippen LogP contribution < -0.4 is 20.6 Å². The minimum Gasteiger partial charge on any atom is -0.490 e. The Morgan fingerprint density at radius 1 is 1.38 bits per heavy atom. The molecule has 0 unspecified atom stereocenters. The fourth-order valence-electron chi connectivity index (χ4n) is 1.89. The Balaban J connectivity index is 2.15. The van der Waals surface area contributed by atoms with Crippen molar-refractivity contribution in [3.8, 4) is 11.5 Å². The molecule has 2 aromatic rings. The average molecular weight is 331 g/mol. The van der Waals surface area contributed by atoms with Crippen LogP contribution in [0.2, 0.25) is 0 Å². The summed E-state index contributed by atoms with van der Waals surface area (Å²) in [6, 6.07) is 5.54. The van der Waals surface area contributed by atoms with E-state index in [1.165, 1.54) is 0 Å². The molecule has 8 heteroatoms. The second kappa shape index (κ2) is 8.09. The van der Waals surface area contributed by atoms with Gasteiger partial charge in [0.25, 0.3) is 0 Å². The van der Waals surface area contributed by atoms with Gasteiger partial charge in [0, 0.05) is 0 Å². The minimum atomic E-state index is -0.535. The number of ether oxygens (including phenoxy) is 2. The summed E-state index contributed by atoms with van der Waals surface area (Å²) in [5.41, 5.74) is 3.53. The first-order chi connectivity index (χ1) is 11.5. The Kier molecular flexibility index (Phi) is 5.89. The fraction of sp³-hybridized carbons (Fsp3) is 0.375. The predicted octanol–water partition coefficient (Wildman–Crippen LogP) is 2.11. The van der Waals surface area contributed by atoms with Crippen LogP contribution in [0.3, 0.4) is 0 Å². The van der Waals surface area contributed by atoms with Gasteiger partial charge >= 0.3 is 5.69 Å². The molecular formula is C16H21N5O3. The maximum absolute atomic E-state index is 11.2. The molecule has 1 aromatic carbocycles. The number of nitrogens with zero attached hydrogens (tertiary/aromatic N) is 3. The standard InChI is InChI=1S/C16H21N5O3/c1-5-23-14-8-12(6-7-13(14)24-10(2)3)9-17-20-15-11(4)19-21-16(22)18-15/h6-10H,5H2,1-4H3,(H2,18,20,21,22)/b17-9-. The predicted molar refractivity (Wildman–Crippen MR) is 92.0 cm³/mol. The van der Waals surface area contributed by atoms with Crippen LogP contribution in [-0.2, 0) is 0 Å². The summed E-state index contributed by atoms with van der Waals surface area (Å²) in [6.45, 7) is 8.08. The zero-order valence-electron chi connectivity index (χ0n) is 14.2. The van der Waals surface area contributed by atoms with Crippen molar-refractivity contribution in [2.75, 3.05) is 12.0 Å². The minimum absolute atomic E-state index is 0.0584. The van der Waals surface area contributed by atoms with Gasteiger partial charge in [0.1, 0.15) is 5.69 Å². The van der Waals surface area contributed by atoms with Crippen LogP contribution in [0.4, 0.5) is 5.82 Å². The van der Waals surface area contributed by atoms with Crippen LogP contribution >= 0.6 is 0 Å². The average Bonchev–Trinajstić information content (AvgIpc) is 2.53. The quantitative estimate of drug-likeness (QED) is 0.595. The lowest BCUT2D eigenvalue weighted by atomic mass is 10.2. The lowest BCUT2D eigenvalue weighted by molar-refractivity contribution is 0.224. The summed E-state index contributed by atoms with van der Waals surface area (Å²) in [6.07, 6.45) is 1.66. The van der Waals surface area contributed by atoms with Crippen LogP contribution in [-0.4, -0.2) is 34.1 Å². The Hall–Kier alpha value is -2.90. The number of hydrogen-bond acceptors (Lipinski definition) is 7. The molecule has 2 rings (SSSR count). The molecule has 0 atom stereocenters. The third-order valence-electron chi connectivity index (χ3n) is 2.89. The van der Waals surface area contributed by atoms with Gasteiger partial charge in [0.2, 0.25) is 0 Å². The second-order valence-electron chi connectivity index (χ2n) is 5.25. The monoisotopic (exact) mass is 331 g/mol. The Labute approximate surface area is 139 Å². The van der Waals surface area contributed by atoms with Gasteiger partial charge in [-0.15, -0.1) is 0 Å². The maximum atomic E-state index is 11.2. The molecule has 24 heavy (non-hydrogen) atoms. The van der Waals surface area contributed by atoms with Crippen molar-refractivity contribution in [3.63, 3.8) is 0 Å². The first-order valence-electron chi connectivity index (χ1n) is 7.65. The molecule has 0 spiro atoms. The number of nitrogens with one attached hydrogen (secondary N) is 2. The SMILES string of the molecule is CCOc1cc(/C=N\Nc2nc(=O)[nH]nc2C)ccc1OC(C)C. The highest BCUT2D eigenvalue weighted by molar-refractivity contribution is 5.81. The molecule has 0 aliphatic carbocycles. The Morgan fingerprint density at radius 3 is 2.88 bits per heavy atom. The molecule has 0 saturated heterocycles. The molecule has 0 aliphatic heterocycles. The first kappa shape index (κ1) is 17.5. The molecule has 8 nitrogen and oxygen atoms in total. The van der Waals surface area contributed by atoms with Crippen LogP contribution in [0.1, 0.15) is 32.0 Å². The van der Waals surface area contributed by atoms with Crippen molar-refractivity contribution in [2.24, 2.45) is 5.10 Å². The zero-order chi connectivity index (χ0) is 17.5. The summed E-state index contributed by atoms with van der Waals surface area (Å²) >= 11 is 0. The van der Waals surface area contributed by atoms with Gasteiger partial charge in [-0.3, -0.25) is 5.43 Å². The van der Waals surface area contributed by atoms with E-state index in [4.69, 9.17) is 9.47 Å². The van der Waals surface area contributed by atoms with Gasteiger partial charge < -0.3 is 9.47 Å². The fourth-order valence-corrected chi connectivity index (χ4v) is 1.89. The van der Waals surface area contributed by atoms with Crippen molar-refractivity contribution >= 4 is 12.0 Å². The zero-order valence-corrected chi connectivity index (χ0v) is 14.2. The third kappa shape index (κ3) is 4.80. The molecular weight excluding hydrogens is 310 g/mol. The van der Waals surface area contributed by atoms with E-state index in [0.29, 0.717) is 29.6 Å². The molecule has 0 saturated carbocycles. The number of hydrogen-bond donors (Lipinski definition) is 2. The van der Waals surface area contributed by atoms with E-state index in [2.05, 4.69) is 25.7 Å². The number of H-pyrrole nitrogens is 1. The summed E-state index contributed by atoms with van der Waals surface area (Å²) in [5, 5.41) is 10.1. The van der Waals surface area contributed by atoms with E-state index in [-0.39, 0.29) is 6.10 Å². The topological polar surface area (TPSA) is 101 Å². The van der Waals surface area contributed by atoms with Gasteiger partial charge in [0.05, 0.1) is 18.9 Å². The summed E-state index contributed by atoms with van der Waals surface area (Å²) < 4.78 is 11.3. The highest BCUT2D eigenvalue weighted by Crippen LogP contribution is 2.28. The van der Waals surface area contributed by atoms with E-state index in [9.17, 15) is 4.79 Å². The van der Waals surface area contributed by atoms with Crippen molar-refractivity contribution in [1.82, 2.24) is 15.2 Å². The highest BCUT2D eigenvalue weighted by atomic mass is 16.5. The van der Waals surface area contributed by atoms with Gasteiger partial charge in [0.15, 0.2) is 17.3 Å². The molecule has 0 bridgehead atoms. The second-order valence-corrected chi connectivity index (χ2v) is 5.25. The normalized spacial score (nSPS) is 11.0. The Morgan fingerprint density at radius 2 is 2.17 bits per heavy atom. The van der Waals surface area contributed by atoms with Crippen molar-refractivity contribution in [3.05, 3.63) is 39.9 Å². The van der Waals surface area contributed by atoms with E-state index < -0.39 is 5.69 Å². The lowest BCUT2D eigenvalue weighted by Crippen LogP contribution is -2.15. The number of aromatic amines is 1. The van der Waals surface area contributed by atoms with Crippen molar-refractivity contribution < 1.29 is 9.47 Å². The van der Waals surface area contributed by atoms with Gasteiger partial charge in [-0.25, -0.2) is 9.89 Å². The van der Waals surface area contributed by atoms with Crippen LogP contribution in [0.5, 0.6) is 11.5 Å². The maximum Gasteiger partial charge on any atom is 0.363 e. The largest absolute Gasteiger partial charge is 0.490 e. The van der Waals surface area contributed by atoms with E-state index in [1.54, 1.807) is 13.1 Å². The van der Waals surface area contributed by atoms with Crippen LogP contribution in [0.15, 0.2) is 28.1 Å². The summed E-state index contributed by atoms with van der Waals surface area (Å²) in [5.74, 6) is 1.65. The van der Waals surface area contributed by atoms with Crippen molar-refractivity contribution in [2.45, 2.75) is 33.8 Å². The summed E-state index contributed by atoms with van der Waals surface area (Å²) in [4.78, 5) is 14.9. The molecule has 0 aliphatic rings. The lowest BCUT2D eigenvalue weighted by Gasteiger charge is -2.14. The Bertz CT molecular complexity index is 771. The van der Waals surface area contributed by atoms with E-state index in [0.717, 1.165) is 5.56 Å². The van der Waals surface area contributed by atoms with E-state index in [1.807, 2.05) is 39.0 Å². The first-order valence-corrected chi connectivity index (χ1v) is 7.65. The highest BCUT2D eigenvalue weighted by Gasteiger charge is 2.07. The van der Waals surface area contributed by atoms with E-state index >= 15 is 0 Å². The third-order valence-corrected chi connectivity index (χ3v) is 2.89. The molecule has 0 amide bonds. The van der Waals surface area contributed by atoms with Gasteiger partial charge in [-0.05, 0) is 51.5 Å². The number of hydrazone groups is 1. The number of anilines is 1. The van der Waals surface area contributed by atoms with Crippen LogP contribution in [0.25, 0.3) is 0 Å². The van der Waals surface area contributed by atoms with Crippen molar-refractivity contribution in [1.29, 1.82) is 0 Å².